The van der Waals surface area contributed by atoms with Crippen LogP contribution in [-0.2, 0) is 0 Å². The second-order valence-electron chi connectivity index (χ2n) is 3.18. The van der Waals surface area contributed by atoms with Crippen LogP contribution in [-0.4, -0.2) is 28.0 Å². The first-order valence-electron chi connectivity index (χ1n) is 4.67. The molecule has 0 fully saturated rings. The van der Waals surface area contributed by atoms with Gasteiger partial charge in [-0.25, -0.2) is 9.97 Å². The molecule has 1 rings (SSSR count). The van der Waals surface area contributed by atoms with E-state index in [0.717, 1.165) is 13.0 Å². The number of nitrogens with one attached hydrogen (secondary N) is 1. The fourth-order valence-corrected chi connectivity index (χ4v) is 1.54. The third kappa shape index (κ3) is 3.76. The van der Waals surface area contributed by atoms with Gasteiger partial charge in [-0.1, -0.05) is 18.5 Å². The van der Waals surface area contributed by atoms with E-state index in [0.29, 0.717) is 21.9 Å². The third-order valence-electron chi connectivity index (χ3n) is 2.06. The van der Waals surface area contributed by atoms with Crippen LogP contribution < -0.4 is 11.1 Å². The Morgan fingerprint density at radius 2 is 2.33 bits per heavy atom. The van der Waals surface area contributed by atoms with E-state index in [1.54, 1.807) is 0 Å². The normalized spacial score (nSPS) is 12.5. The molecule has 1 heterocycles. The van der Waals surface area contributed by atoms with Gasteiger partial charge < -0.3 is 11.1 Å². The largest absolute Gasteiger partial charge is 0.382 e. The minimum atomic E-state index is 0.312. The van der Waals surface area contributed by atoms with Gasteiger partial charge >= 0.3 is 0 Å². The molecule has 1 aromatic heterocycles. The first-order valence-corrected chi connectivity index (χ1v) is 6.34. The van der Waals surface area contributed by atoms with Crippen molar-refractivity contribution in [1.29, 1.82) is 0 Å². The van der Waals surface area contributed by atoms with Crippen molar-refractivity contribution in [3.63, 3.8) is 0 Å². The number of thioether (sulfide) groups is 1. The molecule has 3 N–H and O–H groups in total. The summed E-state index contributed by atoms with van der Waals surface area (Å²) in [6.45, 7) is 3.01. The van der Waals surface area contributed by atoms with E-state index in [4.69, 9.17) is 17.3 Å². The highest BCUT2D eigenvalue weighted by Gasteiger charge is 2.06. The third-order valence-corrected chi connectivity index (χ3v) is 3.48. The predicted molar refractivity (Wildman–Crippen MR) is 67.5 cm³/mol. The first kappa shape index (κ1) is 12.4. The monoisotopic (exact) mass is 246 g/mol. The van der Waals surface area contributed by atoms with Gasteiger partial charge in [-0.3, -0.25) is 0 Å². The second-order valence-corrected chi connectivity index (χ2v) is 4.84. The maximum atomic E-state index is 5.92. The summed E-state index contributed by atoms with van der Waals surface area (Å²) < 4.78 is 0. The summed E-state index contributed by atoms with van der Waals surface area (Å²) in [6.07, 6.45) is 4.56. The maximum Gasteiger partial charge on any atom is 0.150 e. The Labute approximate surface area is 99.0 Å². The molecule has 0 aliphatic carbocycles. The van der Waals surface area contributed by atoms with Gasteiger partial charge in [0.05, 0.1) is 0 Å². The summed E-state index contributed by atoms with van der Waals surface area (Å²) in [6, 6.07) is 0. The first-order chi connectivity index (χ1) is 7.15. The van der Waals surface area contributed by atoms with Gasteiger partial charge in [0.2, 0.25) is 0 Å². The predicted octanol–water partition coefficient (Wildman–Crippen LogP) is 2.27. The Kier molecular flexibility index (Phi) is 4.98. The fourth-order valence-electron chi connectivity index (χ4n) is 1.02. The molecule has 0 bridgehead atoms. The smallest absolute Gasteiger partial charge is 0.150 e. The van der Waals surface area contributed by atoms with E-state index in [2.05, 4.69) is 28.5 Å². The topological polar surface area (TPSA) is 63.8 Å². The molecule has 6 heteroatoms. The molecular formula is C9H15ClN4S. The van der Waals surface area contributed by atoms with Crippen LogP contribution in [0.1, 0.15) is 13.3 Å². The van der Waals surface area contributed by atoms with Crippen molar-refractivity contribution < 1.29 is 0 Å². The average Bonchev–Trinajstić information content (AvgIpc) is 2.24. The van der Waals surface area contributed by atoms with Crippen LogP contribution in [0.4, 0.5) is 11.6 Å². The minimum absolute atomic E-state index is 0.312. The number of hydrogen-bond donors (Lipinski definition) is 2. The van der Waals surface area contributed by atoms with Crippen LogP contribution in [0.25, 0.3) is 0 Å². The number of nitrogens with two attached hydrogens (primary N) is 1. The van der Waals surface area contributed by atoms with E-state index in [1.165, 1.54) is 6.33 Å². The zero-order valence-corrected chi connectivity index (χ0v) is 10.4. The van der Waals surface area contributed by atoms with Crippen molar-refractivity contribution in [2.45, 2.75) is 18.6 Å². The number of hydrogen-bond acceptors (Lipinski definition) is 5. The van der Waals surface area contributed by atoms with Gasteiger partial charge in [0, 0.05) is 11.8 Å². The molecule has 0 aromatic carbocycles. The van der Waals surface area contributed by atoms with Crippen LogP contribution in [0.15, 0.2) is 6.33 Å². The molecule has 0 saturated heterocycles. The zero-order chi connectivity index (χ0) is 11.3. The van der Waals surface area contributed by atoms with E-state index in [9.17, 15) is 0 Å². The molecule has 15 heavy (non-hydrogen) atoms. The molecule has 0 aliphatic rings. The van der Waals surface area contributed by atoms with Crippen molar-refractivity contribution >= 4 is 35.0 Å². The van der Waals surface area contributed by atoms with Gasteiger partial charge in [0.15, 0.2) is 0 Å². The van der Waals surface area contributed by atoms with Crippen molar-refractivity contribution in [2.24, 2.45) is 0 Å². The van der Waals surface area contributed by atoms with E-state index in [1.807, 2.05) is 11.8 Å². The average molecular weight is 247 g/mol. The number of halogens is 1. The lowest BCUT2D eigenvalue weighted by atomic mass is 10.3. The highest BCUT2D eigenvalue weighted by molar-refractivity contribution is 7.99. The van der Waals surface area contributed by atoms with Crippen LogP contribution in [0.5, 0.6) is 0 Å². The van der Waals surface area contributed by atoms with Gasteiger partial charge in [-0.2, -0.15) is 11.8 Å². The number of nitrogen functional groups attached to an aromatic ring is 1. The lowest BCUT2D eigenvalue weighted by Crippen LogP contribution is -2.10. The Balaban J connectivity index is 2.47. The number of nitrogens with zero attached hydrogens (tertiary/aromatic N) is 2. The number of rotatable bonds is 5. The van der Waals surface area contributed by atoms with Gasteiger partial charge in [-0.05, 0) is 12.7 Å². The molecule has 0 amide bonds. The lowest BCUT2D eigenvalue weighted by Gasteiger charge is -2.10. The Morgan fingerprint density at radius 3 is 3.00 bits per heavy atom. The van der Waals surface area contributed by atoms with Crippen LogP contribution in [0.3, 0.4) is 0 Å². The van der Waals surface area contributed by atoms with Crippen LogP contribution in [0, 0.1) is 0 Å². The molecule has 0 saturated carbocycles. The summed E-state index contributed by atoms with van der Waals surface area (Å²) in [5.74, 6) is 0.921. The van der Waals surface area contributed by atoms with E-state index < -0.39 is 0 Å². The summed E-state index contributed by atoms with van der Waals surface area (Å²) in [5.41, 5.74) is 5.55. The SMILES string of the molecule is CSC(C)CCNc1ncnc(N)c1Cl. The summed E-state index contributed by atoms with van der Waals surface area (Å²) in [7, 11) is 0. The Hall–Kier alpha value is -0.680. The number of aromatic nitrogens is 2. The van der Waals surface area contributed by atoms with E-state index in [-0.39, 0.29) is 0 Å². The van der Waals surface area contributed by atoms with Crippen molar-refractivity contribution in [3.05, 3.63) is 11.3 Å². The molecular weight excluding hydrogens is 232 g/mol. The lowest BCUT2D eigenvalue weighted by molar-refractivity contribution is 0.849. The van der Waals surface area contributed by atoms with Crippen LogP contribution in [0.2, 0.25) is 5.02 Å². The van der Waals surface area contributed by atoms with Crippen molar-refractivity contribution in [2.75, 3.05) is 23.9 Å². The summed E-state index contributed by atoms with van der Waals surface area (Å²) >= 11 is 7.76. The minimum Gasteiger partial charge on any atom is -0.382 e. The molecule has 0 aliphatic heterocycles. The Bertz CT molecular complexity index is 321. The molecule has 0 spiro atoms. The summed E-state index contributed by atoms with van der Waals surface area (Å²) in [4.78, 5) is 7.81. The molecule has 1 unspecified atom stereocenters. The maximum absolute atomic E-state index is 5.92. The van der Waals surface area contributed by atoms with Gasteiger partial charge in [0.1, 0.15) is 23.0 Å². The standard InChI is InChI=1S/C9H15ClN4S/c1-6(15-2)3-4-12-9-7(10)8(11)13-5-14-9/h5-6H,3-4H2,1-2H3,(H3,11,12,13,14). The molecule has 0 radical (unpaired) electrons. The summed E-state index contributed by atoms with van der Waals surface area (Å²) in [5, 5.41) is 4.16. The number of anilines is 2. The van der Waals surface area contributed by atoms with Crippen molar-refractivity contribution in [3.8, 4) is 0 Å². The molecule has 1 aromatic rings. The molecule has 84 valence electrons. The molecule has 1 atom stereocenters. The molecule has 4 nitrogen and oxygen atoms in total. The van der Waals surface area contributed by atoms with Gasteiger partial charge in [0.25, 0.3) is 0 Å². The fraction of sp³-hybridized carbons (Fsp3) is 0.556. The highest BCUT2D eigenvalue weighted by atomic mass is 35.5. The zero-order valence-electron chi connectivity index (χ0n) is 8.83. The highest BCUT2D eigenvalue weighted by Crippen LogP contribution is 2.23. The van der Waals surface area contributed by atoms with Crippen LogP contribution >= 0.6 is 23.4 Å². The van der Waals surface area contributed by atoms with Crippen molar-refractivity contribution in [1.82, 2.24) is 9.97 Å². The van der Waals surface area contributed by atoms with Gasteiger partial charge in [-0.15, -0.1) is 0 Å². The second kappa shape index (κ2) is 6.02. The Morgan fingerprint density at radius 1 is 1.60 bits per heavy atom. The van der Waals surface area contributed by atoms with E-state index >= 15 is 0 Å². The quantitative estimate of drug-likeness (QED) is 0.835.